The Balaban J connectivity index is 2.57. The molecule has 0 spiro atoms. The zero-order chi connectivity index (χ0) is 10.7. The van der Waals surface area contributed by atoms with Crippen LogP contribution in [0.25, 0.3) is 0 Å². The van der Waals surface area contributed by atoms with Crippen molar-refractivity contribution in [2.75, 3.05) is 14.1 Å². The highest BCUT2D eigenvalue weighted by molar-refractivity contribution is 5.78. The molecule has 1 aliphatic heterocycles. The molecule has 0 unspecified atom stereocenters. The molecular formula is C8H16N4O2. The molecule has 0 aromatic heterocycles. The number of amides is 4. The Labute approximate surface area is 83.0 Å². The summed E-state index contributed by atoms with van der Waals surface area (Å²) in [6.07, 6.45) is 0.467. The first-order chi connectivity index (χ1) is 6.54. The highest BCUT2D eigenvalue weighted by Crippen LogP contribution is 2.09. The molecular weight excluding hydrogens is 184 g/mol. The Morgan fingerprint density at radius 2 is 2.29 bits per heavy atom. The number of carbonyl (C=O) groups is 2. The summed E-state index contributed by atoms with van der Waals surface area (Å²) < 4.78 is 0. The van der Waals surface area contributed by atoms with Gasteiger partial charge < -0.3 is 20.9 Å². The molecule has 0 aromatic carbocycles. The molecule has 1 fully saturated rings. The summed E-state index contributed by atoms with van der Waals surface area (Å²) in [5.41, 5.74) is 0. The summed E-state index contributed by atoms with van der Waals surface area (Å²) in [4.78, 5) is 23.9. The van der Waals surface area contributed by atoms with E-state index in [1.165, 1.54) is 4.90 Å². The summed E-state index contributed by atoms with van der Waals surface area (Å²) in [7, 11) is 3.20. The number of rotatable bonds is 1. The Bertz CT molecular complexity index is 243. The topological polar surface area (TPSA) is 73.5 Å². The van der Waals surface area contributed by atoms with Gasteiger partial charge in [-0.25, -0.2) is 9.59 Å². The predicted octanol–water partition coefficient (Wildman–Crippen LogP) is -0.325. The first-order valence-corrected chi connectivity index (χ1v) is 4.56. The molecule has 1 rings (SSSR count). The van der Waals surface area contributed by atoms with E-state index in [2.05, 4.69) is 16.0 Å². The van der Waals surface area contributed by atoms with Gasteiger partial charge in [-0.15, -0.1) is 0 Å². The van der Waals surface area contributed by atoms with Gasteiger partial charge in [-0.1, -0.05) is 0 Å². The quantitative estimate of drug-likeness (QED) is 0.542. The molecule has 6 nitrogen and oxygen atoms in total. The third-order valence-electron chi connectivity index (χ3n) is 2.26. The molecule has 14 heavy (non-hydrogen) atoms. The molecule has 0 bridgehead atoms. The zero-order valence-corrected chi connectivity index (χ0v) is 8.63. The molecule has 4 amide bonds. The molecule has 0 aliphatic carbocycles. The average Bonchev–Trinajstić information content (AvgIpc) is 2.13. The highest BCUT2D eigenvalue weighted by atomic mass is 16.2. The van der Waals surface area contributed by atoms with Gasteiger partial charge in [-0.3, -0.25) is 0 Å². The fraction of sp³-hybridized carbons (Fsp3) is 0.750. The Morgan fingerprint density at radius 1 is 1.64 bits per heavy atom. The van der Waals surface area contributed by atoms with Crippen LogP contribution in [0.4, 0.5) is 9.59 Å². The second kappa shape index (κ2) is 4.17. The minimum absolute atomic E-state index is 0.0841. The van der Waals surface area contributed by atoms with Crippen LogP contribution in [0.2, 0.25) is 0 Å². The van der Waals surface area contributed by atoms with Crippen molar-refractivity contribution in [3.63, 3.8) is 0 Å². The maximum absolute atomic E-state index is 11.3. The molecule has 0 saturated carbocycles. The maximum Gasteiger partial charge on any atom is 0.318 e. The molecule has 1 aliphatic rings. The van der Waals surface area contributed by atoms with E-state index in [0.717, 1.165) is 0 Å². The molecule has 3 N–H and O–H groups in total. The van der Waals surface area contributed by atoms with E-state index >= 15 is 0 Å². The van der Waals surface area contributed by atoms with E-state index in [9.17, 15) is 9.59 Å². The second-order valence-electron chi connectivity index (χ2n) is 3.44. The van der Waals surface area contributed by atoms with Crippen molar-refractivity contribution >= 4 is 12.1 Å². The van der Waals surface area contributed by atoms with Gasteiger partial charge in [0.1, 0.15) is 6.17 Å². The number of carbonyl (C=O) groups excluding carboxylic acids is 2. The molecule has 0 radical (unpaired) electrons. The summed E-state index contributed by atoms with van der Waals surface area (Å²) in [6.45, 7) is 1.91. The van der Waals surface area contributed by atoms with Gasteiger partial charge in [-0.2, -0.15) is 0 Å². The van der Waals surface area contributed by atoms with Crippen molar-refractivity contribution in [1.82, 2.24) is 20.9 Å². The molecule has 1 heterocycles. The minimum Gasteiger partial charge on any atom is -0.341 e. The third kappa shape index (κ3) is 2.27. The lowest BCUT2D eigenvalue weighted by Gasteiger charge is -2.36. The van der Waals surface area contributed by atoms with Gasteiger partial charge >= 0.3 is 12.1 Å². The van der Waals surface area contributed by atoms with Crippen LogP contribution in [0, 0.1) is 0 Å². The smallest absolute Gasteiger partial charge is 0.318 e. The van der Waals surface area contributed by atoms with Gasteiger partial charge in [0.25, 0.3) is 0 Å². The second-order valence-corrected chi connectivity index (χ2v) is 3.44. The number of nitrogens with one attached hydrogen (secondary N) is 3. The van der Waals surface area contributed by atoms with Crippen LogP contribution in [-0.4, -0.2) is 43.3 Å². The summed E-state index contributed by atoms with van der Waals surface area (Å²) in [5, 5.41) is 7.91. The van der Waals surface area contributed by atoms with Gasteiger partial charge in [0.15, 0.2) is 0 Å². The van der Waals surface area contributed by atoms with Crippen molar-refractivity contribution in [1.29, 1.82) is 0 Å². The largest absolute Gasteiger partial charge is 0.341 e. The first kappa shape index (κ1) is 10.6. The standard InChI is InChI=1S/C8H16N4O2/c1-5-4-6(11-7(13)9-2)12(3)8(14)10-5/h5-6H,4H2,1-3H3,(H,10,14)(H2,9,11,13)/t5-,6-/m0/s1. The number of hydrogen-bond donors (Lipinski definition) is 3. The van der Waals surface area contributed by atoms with Crippen LogP contribution in [0.3, 0.4) is 0 Å². The highest BCUT2D eigenvalue weighted by Gasteiger charge is 2.29. The lowest BCUT2D eigenvalue weighted by atomic mass is 10.1. The van der Waals surface area contributed by atoms with Gasteiger partial charge in [-0.05, 0) is 6.92 Å². The lowest BCUT2D eigenvalue weighted by Crippen LogP contribution is -2.60. The molecule has 2 atom stereocenters. The van der Waals surface area contributed by atoms with E-state index in [4.69, 9.17) is 0 Å². The van der Waals surface area contributed by atoms with E-state index in [1.807, 2.05) is 6.92 Å². The van der Waals surface area contributed by atoms with E-state index in [-0.39, 0.29) is 24.3 Å². The van der Waals surface area contributed by atoms with Crippen molar-refractivity contribution in [3.05, 3.63) is 0 Å². The average molecular weight is 200 g/mol. The van der Waals surface area contributed by atoms with Crippen LogP contribution < -0.4 is 16.0 Å². The third-order valence-corrected chi connectivity index (χ3v) is 2.26. The van der Waals surface area contributed by atoms with Gasteiger partial charge in [0.05, 0.1) is 0 Å². The van der Waals surface area contributed by atoms with E-state index in [0.29, 0.717) is 6.42 Å². The molecule has 80 valence electrons. The van der Waals surface area contributed by atoms with Gasteiger partial charge in [0.2, 0.25) is 0 Å². The summed E-state index contributed by atoms with van der Waals surface area (Å²) >= 11 is 0. The van der Waals surface area contributed by atoms with Crippen LogP contribution in [-0.2, 0) is 0 Å². The summed E-state index contributed by atoms with van der Waals surface area (Å²) in [5.74, 6) is 0. The molecule has 6 heteroatoms. The van der Waals surface area contributed by atoms with Crippen molar-refractivity contribution in [3.8, 4) is 0 Å². The minimum atomic E-state index is -0.274. The monoisotopic (exact) mass is 200 g/mol. The molecule has 0 aromatic rings. The van der Waals surface area contributed by atoms with Crippen LogP contribution >= 0.6 is 0 Å². The van der Waals surface area contributed by atoms with Crippen molar-refractivity contribution in [2.45, 2.75) is 25.6 Å². The Hall–Kier alpha value is -1.46. The van der Waals surface area contributed by atoms with Crippen LogP contribution in [0.5, 0.6) is 0 Å². The SMILES string of the molecule is CNC(=O)N[C@@H]1C[C@H](C)NC(=O)N1C. The predicted molar refractivity (Wildman–Crippen MR) is 51.8 cm³/mol. The van der Waals surface area contributed by atoms with Gasteiger partial charge in [0, 0.05) is 26.6 Å². The fourth-order valence-electron chi connectivity index (χ4n) is 1.39. The lowest BCUT2D eigenvalue weighted by molar-refractivity contribution is 0.145. The number of hydrogen-bond acceptors (Lipinski definition) is 2. The maximum atomic E-state index is 11.3. The first-order valence-electron chi connectivity index (χ1n) is 4.56. The number of nitrogens with zero attached hydrogens (tertiary/aromatic N) is 1. The van der Waals surface area contributed by atoms with Crippen molar-refractivity contribution < 1.29 is 9.59 Å². The van der Waals surface area contributed by atoms with Crippen LogP contribution in [0.1, 0.15) is 13.3 Å². The Morgan fingerprint density at radius 3 is 2.86 bits per heavy atom. The summed E-state index contributed by atoms with van der Waals surface area (Å²) in [6, 6.07) is -0.352. The Kier molecular flexibility index (Phi) is 3.16. The fourth-order valence-corrected chi connectivity index (χ4v) is 1.39. The zero-order valence-electron chi connectivity index (χ0n) is 8.63. The van der Waals surface area contributed by atoms with E-state index in [1.54, 1.807) is 14.1 Å². The van der Waals surface area contributed by atoms with Crippen LogP contribution in [0.15, 0.2) is 0 Å². The number of urea groups is 2. The van der Waals surface area contributed by atoms with Crippen molar-refractivity contribution in [2.24, 2.45) is 0 Å². The van der Waals surface area contributed by atoms with E-state index < -0.39 is 0 Å². The normalized spacial score (nSPS) is 26.8. The molecule has 1 saturated heterocycles.